The van der Waals surface area contributed by atoms with Gasteiger partial charge in [0.2, 0.25) is 0 Å². The largest absolute Gasteiger partial charge is 0.481 e. The molecule has 7 heteroatoms. The number of aryl methyl sites for hydroxylation is 1. The molecule has 3 rings (SSSR count). The lowest BCUT2D eigenvalue weighted by atomic mass is 10.1. The summed E-state index contributed by atoms with van der Waals surface area (Å²) in [4.78, 5) is 10.8. The molecule has 0 aliphatic heterocycles. The number of benzene rings is 2. The molecule has 1 heterocycles. The number of rotatable bonds is 5. The number of carboxylic acids is 1. The zero-order valence-electron chi connectivity index (χ0n) is 12.9. The molecule has 0 saturated heterocycles. The van der Waals surface area contributed by atoms with E-state index in [2.05, 4.69) is 5.10 Å². The van der Waals surface area contributed by atoms with Crippen molar-refractivity contribution >= 4 is 29.2 Å². The van der Waals surface area contributed by atoms with Crippen LogP contribution in [0.3, 0.4) is 0 Å². The van der Waals surface area contributed by atoms with Crippen molar-refractivity contribution in [2.45, 2.75) is 12.8 Å². The van der Waals surface area contributed by atoms with Crippen LogP contribution in [0.1, 0.15) is 12.1 Å². The standard InChI is InChI=1S/C18H13Cl2FN2O2/c19-12-7-11(8-13(20)9-12)17-10-15(3-6-18(24)25)22-23(17)16-4-1-14(21)2-5-16/h1-2,4-5,7-10H,3,6H2,(H,24,25). The summed E-state index contributed by atoms with van der Waals surface area (Å²) in [5.74, 6) is -1.25. The molecule has 128 valence electrons. The Labute approximate surface area is 153 Å². The van der Waals surface area contributed by atoms with E-state index in [-0.39, 0.29) is 18.7 Å². The van der Waals surface area contributed by atoms with Gasteiger partial charge in [0.25, 0.3) is 0 Å². The van der Waals surface area contributed by atoms with Gasteiger partial charge in [-0.05, 0) is 48.5 Å². The number of aromatic nitrogens is 2. The molecular weight excluding hydrogens is 366 g/mol. The second-order valence-electron chi connectivity index (χ2n) is 5.46. The molecule has 0 saturated carbocycles. The summed E-state index contributed by atoms with van der Waals surface area (Å²) in [6, 6.07) is 12.8. The highest BCUT2D eigenvalue weighted by molar-refractivity contribution is 6.35. The SMILES string of the molecule is O=C(O)CCc1cc(-c2cc(Cl)cc(Cl)c2)n(-c2ccc(F)cc2)n1. The lowest BCUT2D eigenvalue weighted by molar-refractivity contribution is -0.136. The second kappa shape index (κ2) is 7.25. The fourth-order valence-electron chi connectivity index (χ4n) is 2.47. The van der Waals surface area contributed by atoms with E-state index in [4.69, 9.17) is 28.3 Å². The summed E-state index contributed by atoms with van der Waals surface area (Å²) in [6.45, 7) is 0. The van der Waals surface area contributed by atoms with Gasteiger partial charge < -0.3 is 5.11 Å². The third-order valence-electron chi connectivity index (χ3n) is 3.58. The molecule has 0 amide bonds. The summed E-state index contributed by atoms with van der Waals surface area (Å²) in [5, 5.41) is 14.3. The molecule has 0 aliphatic rings. The van der Waals surface area contributed by atoms with Crippen LogP contribution in [0.5, 0.6) is 0 Å². The number of nitrogens with zero attached hydrogens (tertiary/aromatic N) is 2. The molecule has 25 heavy (non-hydrogen) atoms. The Kier molecular flexibility index (Phi) is 5.06. The third-order valence-corrected chi connectivity index (χ3v) is 4.02. The molecular formula is C18H13Cl2FN2O2. The van der Waals surface area contributed by atoms with Gasteiger partial charge in [-0.3, -0.25) is 4.79 Å². The molecule has 0 radical (unpaired) electrons. The number of carbonyl (C=O) groups is 1. The molecule has 0 spiro atoms. The smallest absolute Gasteiger partial charge is 0.303 e. The first-order valence-electron chi connectivity index (χ1n) is 7.45. The van der Waals surface area contributed by atoms with Crippen LogP contribution in [-0.4, -0.2) is 20.9 Å². The van der Waals surface area contributed by atoms with Crippen molar-refractivity contribution in [3.63, 3.8) is 0 Å². The minimum Gasteiger partial charge on any atom is -0.481 e. The summed E-state index contributed by atoms with van der Waals surface area (Å²) in [5.41, 5.74) is 2.68. The van der Waals surface area contributed by atoms with Gasteiger partial charge in [0.15, 0.2) is 0 Å². The highest BCUT2D eigenvalue weighted by Gasteiger charge is 2.14. The number of hydrogen-bond acceptors (Lipinski definition) is 2. The summed E-state index contributed by atoms with van der Waals surface area (Å²) in [6.07, 6.45) is 0.251. The first-order chi connectivity index (χ1) is 11.9. The molecule has 2 aromatic carbocycles. The lowest BCUT2D eigenvalue weighted by Gasteiger charge is -2.08. The average molecular weight is 379 g/mol. The minimum atomic E-state index is -0.899. The van der Waals surface area contributed by atoms with Crippen LogP contribution in [-0.2, 0) is 11.2 Å². The Morgan fingerprint density at radius 3 is 2.32 bits per heavy atom. The van der Waals surface area contributed by atoms with Crippen molar-refractivity contribution < 1.29 is 14.3 Å². The fraction of sp³-hybridized carbons (Fsp3) is 0.111. The highest BCUT2D eigenvalue weighted by Crippen LogP contribution is 2.30. The van der Waals surface area contributed by atoms with E-state index in [0.29, 0.717) is 27.1 Å². The van der Waals surface area contributed by atoms with Crippen molar-refractivity contribution in [1.29, 1.82) is 0 Å². The van der Waals surface area contributed by atoms with E-state index in [9.17, 15) is 9.18 Å². The fourth-order valence-corrected chi connectivity index (χ4v) is 3.00. The van der Waals surface area contributed by atoms with Gasteiger partial charge in [-0.1, -0.05) is 23.2 Å². The Balaban J connectivity index is 2.10. The maximum absolute atomic E-state index is 13.2. The van der Waals surface area contributed by atoms with E-state index in [1.165, 1.54) is 12.1 Å². The molecule has 4 nitrogen and oxygen atoms in total. The van der Waals surface area contributed by atoms with Gasteiger partial charge in [0.1, 0.15) is 5.82 Å². The number of halogens is 3. The van der Waals surface area contributed by atoms with Gasteiger partial charge in [0.05, 0.1) is 23.5 Å². The normalized spacial score (nSPS) is 10.8. The number of carboxylic acid groups (broad SMARTS) is 1. The number of aliphatic carboxylic acids is 1. The van der Waals surface area contributed by atoms with Gasteiger partial charge in [-0.25, -0.2) is 9.07 Å². The summed E-state index contributed by atoms with van der Waals surface area (Å²) in [7, 11) is 0. The Morgan fingerprint density at radius 1 is 1.08 bits per heavy atom. The Hall–Kier alpha value is -2.37. The van der Waals surface area contributed by atoms with Crippen LogP contribution in [0, 0.1) is 5.82 Å². The molecule has 0 fully saturated rings. The van der Waals surface area contributed by atoms with E-state index >= 15 is 0 Å². The van der Waals surface area contributed by atoms with Crippen LogP contribution in [0.4, 0.5) is 4.39 Å². The first-order valence-corrected chi connectivity index (χ1v) is 8.21. The van der Waals surface area contributed by atoms with E-state index in [1.807, 2.05) is 0 Å². The van der Waals surface area contributed by atoms with Gasteiger partial charge >= 0.3 is 5.97 Å². The molecule has 1 aromatic heterocycles. The summed E-state index contributed by atoms with van der Waals surface area (Å²) < 4.78 is 14.8. The predicted molar refractivity (Wildman–Crippen MR) is 94.9 cm³/mol. The van der Waals surface area contributed by atoms with Crippen molar-refractivity contribution in [2.75, 3.05) is 0 Å². The van der Waals surface area contributed by atoms with Crippen LogP contribution < -0.4 is 0 Å². The van der Waals surface area contributed by atoms with Crippen molar-refractivity contribution in [3.8, 4) is 16.9 Å². The predicted octanol–water partition coefficient (Wildman–Crippen LogP) is 5.00. The van der Waals surface area contributed by atoms with Crippen molar-refractivity contribution in [1.82, 2.24) is 9.78 Å². The zero-order chi connectivity index (χ0) is 18.0. The quantitative estimate of drug-likeness (QED) is 0.679. The van der Waals surface area contributed by atoms with Crippen molar-refractivity contribution in [2.24, 2.45) is 0 Å². The van der Waals surface area contributed by atoms with E-state index in [0.717, 1.165) is 5.56 Å². The second-order valence-corrected chi connectivity index (χ2v) is 6.33. The molecule has 3 aromatic rings. The molecule has 0 bridgehead atoms. The van der Waals surface area contributed by atoms with Crippen LogP contribution in [0.15, 0.2) is 48.5 Å². The maximum Gasteiger partial charge on any atom is 0.303 e. The average Bonchev–Trinajstić information content (AvgIpc) is 2.97. The third kappa shape index (κ3) is 4.18. The summed E-state index contributed by atoms with van der Waals surface area (Å²) >= 11 is 12.2. The van der Waals surface area contributed by atoms with E-state index < -0.39 is 5.97 Å². The molecule has 1 N–H and O–H groups in total. The van der Waals surface area contributed by atoms with E-state index in [1.54, 1.807) is 41.1 Å². The zero-order valence-corrected chi connectivity index (χ0v) is 14.4. The van der Waals surface area contributed by atoms with Gasteiger partial charge in [-0.2, -0.15) is 5.10 Å². The Bertz CT molecular complexity index is 903. The number of hydrogen-bond donors (Lipinski definition) is 1. The monoisotopic (exact) mass is 378 g/mol. The maximum atomic E-state index is 13.2. The van der Waals surface area contributed by atoms with Crippen molar-refractivity contribution in [3.05, 3.63) is 70.1 Å². The molecule has 0 atom stereocenters. The minimum absolute atomic E-state index is 0.0316. The van der Waals surface area contributed by atoms with Gasteiger partial charge in [0, 0.05) is 22.0 Å². The highest BCUT2D eigenvalue weighted by atomic mass is 35.5. The topological polar surface area (TPSA) is 55.1 Å². The van der Waals surface area contributed by atoms with Crippen LogP contribution >= 0.6 is 23.2 Å². The van der Waals surface area contributed by atoms with Crippen LogP contribution in [0.25, 0.3) is 16.9 Å². The molecule has 0 aliphatic carbocycles. The Morgan fingerprint density at radius 2 is 1.72 bits per heavy atom. The van der Waals surface area contributed by atoms with Crippen LogP contribution in [0.2, 0.25) is 10.0 Å². The molecule has 0 unspecified atom stereocenters. The lowest BCUT2D eigenvalue weighted by Crippen LogP contribution is -2.01. The van der Waals surface area contributed by atoms with Gasteiger partial charge in [-0.15, -0.1) is 0 Å². The first kappa shape index (κ1) is 17.5.